The second kappa shape index (κ2) is 9.23. The van der Waals surface area contributed by atoms with Crippen LogP contribution in [0.1, 0.15) is 27.7 Å². The number of hydrogen-bond acceptors (Lipinski definition) is 3. The molecule has 0 N–H and O–H groups in total. The van der Waals surface area contributed by atoms with Gasteiger partial charge < -0.3 is 14.0 Å². The molecule has 0 aliphatic carbocycles. The van der Waals surface area contributed by atoms with E-state index >= 15 is 0 Å². The highest BCUT2D eigenvalue weighted by Crippen LogP contribution is 2.47. The van der Waals surface area contributed by atoms with Gasteiger partial charge in [-0.3, -0.25) is 0 Å². The highest BCUT2D eigenvalue weighted by molar-refractivity contribution is 6.63. The Labute approximate surface area is 236 Å². The van der Waals surface area contributed by atoms with E-state index in [2.05, 4.69) is 131 Å². The molecule has 2 heterocycles. The zero-order valence-corrected chi connectivity index (χ0v) is 23.3. The van der Waals surface area contributed by atoms with Gasteiger partial charge in [-0.2, -0.15) is 0 Å². The fourth-order valence-corrected chi connectivity index (χ4v) is 5.78. The van der Waals surface area contributed by atoms with Gasteiger partial charge in [-0.15, -0.1) is 0 Å². The molecule has 4 heteroatoms. The van der Waals surface area contributed by atoms with Crippen molar-refractivity contribution < 1.29 is 14.0 Å². The van der Waals surface area contributed by atoms with Crippen LogP contribution in [-0.4, -0.2) is 18.3 Å². The van der Waals surface area contributed by atoms with Crippen molar-refractivity contribution in [2.24, 2.45) is 0 Å². The molecular weight excluding hydrogens is 491 g/mol. The first-order valence-electron chi connectivity index (χ1n) is 13.9. The van der Waals surface area contributed by atoms with Gasteiger partial charge in [0.1, 0.15) is 11.5 Å². The molecule has 0 aromatic heterocycles. The summed E-state index contributed by atoms with van der Waals surface area (Å²) in [6, 6.07) is 40.4. The lowest BCUT2D eigenvalue weighted by Crippen LogP contribution is -2.41. The molecule has 0 saturated carbocycles. The third kappa shape index (κ3) is 3.90. The minimum atomic E-state index is -0.566. The maximum Gasteiger partial charge on any atom is 0.498 e. The van der Waals surface area contributed by atoms with Gasteiger partial charge in [0, 0.05) is 16.6 Å². The van der Waals surface area contributed by atoms with Crippen LogP contribution >= 0.6 is 0 Å². The van der Waals surface area contributed by atoms with Crippen LogP contribution in [0.2, 0.25) is 0 Å². The number of benzene rings is 5. The topological polar surface area (TPSA) is 27.7 Å². The lowest BCUT2D eigenvalue weighted by atomic mass is 9.76. The molecule has 0 radical (unpaired) electrons. The average Bonchev–Trinajstić information content (AvgIpc) is 3.18. The van der Waals surface area contributed by atoms with Crippen LogP contribution in [0.5, 0.6) is 11.5 Å². The van der Waals surface area contributed by atoms with Crippen molar-refractivity contribution in [1.29, 1.82) is 0 Å². The first-order valence-corrected chi connectivity index (χ1v) is 13.9. The SMILES string of the molecule is CC1(C)OB(c2cccc3c2Oc2ccccc2-c2ccccc2-c2ccccc2-c2ccccc2-3)OC1(C)C. The zero-order chi connectivity index (χ0) is 27.5. The minimum absolute atomic E-state index is 0.471. The predicted molar refractivity (Wildman–Crippen MR) is 164 cm³/mol. The lowest BCUT2D eigenvalue weighted by molar-refractivity contribution is 0.00578. The monoisotopic (exact) mass is 522 g/mol. The highest BCUT2D eigenvalue weighted by Gasteiger charge is 2.52. The van der Waals surface area contributed by atoms with Gasteiger partial charge >= 0.3 is 7.12 Å². The van der Waals surface area contributed by atoms with Crippen LogP contribution in [0.15, 0.2) is 115 Å². The largest absolute Gasteiger partial charge is 0.498 e. The lowest BCUT2D eigenvalue weighted by Gasteiger charge is -2.32. The van der Waals surface area contributed by atoms with E-state index in [4.69, 9.17) is 14.0 Å². The van der Waals surface area contributed by atoms with Crippen molar-refractivity contribution in [3.05, 3.63) is 115 Å². The summed E-state index contributed by atoms with van der Waals surface area (Å²) in [7, 11) is -0.566. The third-order valence-corrected chi connectivity index (χ3v) is 8.59. The molecule has 1 fully saturated rings. The molecule has 0 unspecified atom stereocenters. The summed E-state index contributed by atoms with van der Waals surface area (Å²) in [5.41, 5.74) is 8.87. The third-order valence-electron chi connectivity index (χ3n) is 8.59. The summed E-state index contributed by atoms with van der Waals surface area (Å²) < 4.78 is 20.1. The number of fused-ring (bicyclic) bond motifs is 9. The van der Waals surface area contributed by atoms with Crippen molar-refractivity contribution >= 4 is 12.6 Å². The molecular formula is C36H31BO3. The summed E-state index contributed by atoms with van der Waals surface area (Å²) in [5.74, 6) is 1.54. The van der Waals surface area contributed by atoms with E-state index in [1.165, 1.54) is 16.7 Å². The maximum atomic E-state index is 7.01. The van der Waals surface area contributed by atoms with E-state index in [9.17, 15) is 0 Å². The number of rotatable bonds is 1. The van der Waals surface area contributed by atoms with Gasteiger partial charge in [-0.05, 0) is 67.1 Å². The first kappa shape index (κ1) is 24.9. The highest BCUT2D eigenvalue weighted by atomic mass is 16.7. The Morgan fingerprint density at radius 2 is 0.800 bits per heavy atom. The van der Waals surface area contributed by atoms with Gasteiger partial charge in [0.05, 0.1) is 11.2 Å². The second-order valence-corrected chi connectivity index (χ2v) is 11.5. The van der Waals surface area contributed by atoms with Crippen molar-refractivity contribution in [2.75, 3.05) is 0 Å². The fourth-order valence-electron chi connectivity index (χ4n) is 5.78. The number of para-hydroxylation sites is 2. The molecule has 196 valence electrons. The minimum Gasteiger partial charge on any atom is -0.456 e. The number of ether oxygens (including phenoxy) is 1. The van der Waals surface area contributed by atoms with Crippen LogP contribution < -0.4 is 10.2 Å². The van der Waals surface area contributed by atoms with Gasteiger partial charge in [0.2, 0.25) is 0 Å². The van der Waals surface area contributed by atoms with Gasteiger partial charge in [-0.25, -0.2) is 0 Å². The van der Waals surface area contributed by atoms with Crippen molar-refractivity contribution in [1.82, 2.24) is 0 Å². The second-order valence-electron chi connectivity index (χ2n) is 11.5. The van der Waals surface area contributed by atoms with E-state index in [1.807, 2.05) is 12.1 Å². The molecule has 0 amide bonds. The van der Waals surface area contributed by atoms with Gasteiger partial charge in [0.25, 0.3) is 0 Å². The molecule has 7 rings (SSSR count). The molecule has 0 spiro atoms. The Morgan fingerprint density at radius 3 is 1.30 bits per heavy atom. The van der Waals surface area contributed by atoms with Gasteiger partial charge in [0.15, 0.2) is 0 Å². The van der Waals surface area contributed by atoms with E-state index in [1.54, 1.807) is 0 Å². The van der Waals surface area contributed by atoms with E-state index in [-0.39, 0.29) is 0 Å². The summed E-state index contributed by atoms with van der Waals surface area (Å²) in [5, 5.41) is 0. The number of hydrogen-bond donors (Lipinski definition) is 0. The van der Waals surface area contributed by atoms with Crippen LogP contribution in [0.25, 0.3) is 44.5 Å². The van der Waals surface area contributed by atoms with Crippen LogP contribution in [0, 0.1) is 0 Å². The Kier molecular flexibility index (Phi) is 5.74. The molecule has 2 aliphatic heterocycles. The molecule has 5 aromatic rings. The quantitative estimate of drug-likeness (QED) is 0.202. The molecule has 40 heavy (non-hydrogen) atoms. The van der Waals surface area contributed by atoms with Crippen molar-refractivity contribution in [2.45, 2.75) is 38.9 Å². The van der Waals surface area contributed by atoms with Crippen LogP contribution in [0.3, 0.4) is 0 Å². The van der Waals surface area contributed by atoms with E-state index in [0.29, 0.717) is 0 Å². The van der Waals surface area contributed by atoms with E-state index < -0.39 is 18.3 Å². The summed E-state index contributed by atoms with van der Waals surface area (Å²) in [6.45, 7) is 8.33. The average molecular weight is 522 g/mol. The standard InChI is InChI=1S/C36H31BO3/c1-35(2)36(3,4)40-37(39-35)32-22-13-21-31-29-19-10-8-17-27(29)25-15-6-5-14-24(25)26-16-7-9-18-28(26)30-20-11-12-23-33(30)38-34(31)32/h5-23H,1-4H3. The van der Waals surface area contributed by atoms with E-state index in [0.717, 1.165) is 44.8 Å². The summed E-state index contributed by atoms with van der Waals surface area (Å²) in [4.78, 5) is 0. The fraction of sp³-hybridized carbons (Fsp3) is 0.167. The molecule has 5 aromatic carbocycles. The molecule has 0 bridgehead atoms. The smallest absolute Gasteiger partial charge is 0.456 e. The Bertz CT molecular complexity index is 1740. The van der Waals surface area contributed by atoms with Crippen molar-refractivity contribution in [3.63, 3.8) is 0 Å². The zero-order valence-electron chi connectivity index (χ0n) is 23.3. The Hall–Kier alpha value is -4.12. The van der Waals surface area contributed by atoms with Gasteiger partial charge in [-0.1, -0.05) is 109 Å². The maximum absolute atomic E-state index is 7.01. The Morgan fingerprint density at radius 1 is 0.425 bits per heavy atom. The summed E-state index contributed by atoms with van der Waals surface area (Å²) >= 11 is 0. The molecule has 0 atom stereocenters. The molecule has 2 aliphatic rings. The van der Waals surface area contributed by atoms with Crippen LogP contribution in [-0.2, 0) is 9.31 Å². The van der Waals surface area contributed by atoms with Crippen LogP contribution in [0.4, 0.5) is 0 Å². The summed E-state index contributed by atoms with van der Waals surface area (Å²) in [6.07, 6.45) is 0. The Balaban J connectivity index is 1.57. The molecule has 3 nitrogen and oxygen atoms in total. The normalized spacial score (nSPS) is 16.4. The first-order chi connectivity index (χ1) is 19.3. The predicted octanol–water partition coefficient (Wildman–Crippen LogP) is 8.76. The van der Waals surface area contributed by atoms with Crippen molar-refractivity contribution in [3.8, 4) is 56.0 Å². The molecule has 1 saturated heterocycles.